The zero-order valence-electron chi connectivity index (χ0n) is 10.6. The molecule has 1 aliphatic heterocycles. The minimum Gasteiger partial charge on any atom is -0.478 e. The number of carbonyl (C=O) groups is 1. The van der Waals surface area contributed by atoms with Gasteiger partial charge in [-0.2, -0.15) is 0 Å². The predicted octanol–water partition coefficient (Wildman–Crippen LogP) is 1.95. The molecule has 1 aromatic rings. The summed E-state index contributed by atoms with van der Waals surface area (Å²) >= 11 is 0. The third kappa shape index (κ3) is 2.67. The van der Waals surface area contributed by atoms with E-state index in [1.807, 2.05) is 0 Å². The zero-order chi connectivity index (χ0) is 13.2. The molecule has 0 radical (unpaired) electrons. The highest BCUT2D eigenvalue weighted by molar-refractivity contribution is 5.85. The number of carboxylic acid groups (broad SMARTS) is 1. The number of hydrogen-bond donors (Lipinski definition) is 1. The molecule has 0 saturated carbocycles. The molecule has 0 atom stereocenters. The molecular weight excluding hydrogens is 230 g/mol. The third-order valence-corrected chi connectivity index (χ3v) is 3.22. The van der Waals surface area contributed by atoms with E-state index < -0.39 is 5.97 Å². The summed E-state index contributed by atoms with van der Waals surface area (Å²) in [6, 6.07) is 0. The van der Waals surface area contributed by atoms with Gasteiger partial charge in [-0.25, -0.2) is 14.8 Å². The molecule has 0 bridgehead atoms. The minimum absolute atomic E-state index is 0.0957. The van der Waals surface area contributed by atoms with Gasteiger partial charge in [-0.1, -0.05) is 0 Å². The van der Waals surface area contributed by atoms with Crippen LogP contribution in [0.2, 0.25) is 0 Å². The maximum atomic E-state index is 10.4. The molecule has 2 heterocycles. The topological polar surface area (TPSA) is 66.3 Å². The van der Waals surface area contributed by atoms with Gasteiger partial charge in [0, 0.05) is 36.1 Å². The van der Waals surface area contributed by atoms with Gasteiger partial charge in [0.2, 0.25) is 5.95 Å². The van der Waals surface area contributed by atoms with E-state index in [2.05, 4.69) is 28.7 Å². The molecule has 2 rings (SSSR count). The summed E-state index contributed by atoms with van der Waals surface area (Å²) in [6.07, 6.45) is 8.15. The van der Waals surface area contributed by atoms with E-state index in [9.17, 15) is 4.79 Å². The largest absolute Gasteiger partial charge is 0.478 e. The normalized spacial score (nSPS) is 18.4. The van der Waals surface area contributed by atoms with Crippen LogP contribution in [0.25, 0.3) is 6.08 Å². The fourth-order valence-electron chi connectivity index (χ4n) is 2.20. The fraction of sp³-hybridized carbons (Fsp3) is 0.462. The van der Waals surface area contributed by atoms with Crippen molar-refractivity contribution in [3.63, 3.8) is 0 Å². The Morgan fingerprint density at radius 1 is 1.44 bits per heavy atom. The first kappa shape index (κ1) is 12.5. The smallest absolute Gasteiger partial charge is 0.328 e. The van der Waals surface area contributed by atoms with Gasteiger partial charge >= 0.3 is 5.97 Å². The summed E-state index contributed by atoms with van der Waals surface area (Å²) < 4.78 is 0. The molecule has 0 aromatic carbocycles. The van der Waals surface area contributed by atoms with Crippen LogP contribution in [0.3, 0.4) is 0 Å². The molecule has 96 valence electrons. The lowest BCUT2D eigenvalue weighted by atomic mass is 10.0. The molecule has 1 saturated heterocycles. The second kappa shape index (κ2) is 4.76. The highest BCUT2D eigenvalue weighted by Gasteiger charge is 2.33. The van der Waals surface area contributed by atoms with Gasteiger partial charge in [-0.15, -0.1) is 0 Å². The van der Waals surface area contributed by atoms with E-state index in [0.717, 1.165) is 25.5 Å². The monoisotopic (exact) mass is 247 g/mol. The van der Waals surface area contributed by atoms with E-state index in [1.165, 1.54) is 6.08 Å². The van der Waals surface area contributed by atoms with Crippen LogP contribution in [0.5, 0.6) is 0 Å². The van der Waals surface area contributed by atoms with E-state index in [1.54, 1.807) is 12.4 Å². The predicted molar refractivity (Wildman–Crippen MR) is 69.4 cm³/mol. The second-order valence-electron chi connectivity index (χ2n) is 5.06. The summed E-state index contributed by atoms with van der Waals surface area (Å²) in [5.41, 5.74) is 0.788. The van der Waals surface area contributed by atoms with E-state index in [-0.39, 0.29) is 5.54 Å². The fourth-order valence-corrected chi connectivity index (χ4v) is 2.20. The molecule has 0 amide bonds. The Labute approximate surface area is 106 Å². The van der Waals surface area contributed by atoms with Crippen molar-refractivity contribution in [2.45, 2.75) is 32.2 Å². The Balaban J connectivity index is 2.15. The number of aromatic nitrogens is 2. The van der Waals surface area contributed by atoms with Crippen molar-refractivity contribution in [2.24, 2.45) is 0 Å². The molecule has 0 spiro atoms. The highest BCUT2D eigenvalue weighted by Crippen LogP contribution is 2.31. The van der Waals surface area contributed by atoms with Crippen molar-refractivity contribution in [2.75, 3.05) is 11.4 Å². The first-order valence-corrected chi connectivity index (χ1v) is 6.00. The van der Waals surface area contributed by atoms with Gasteiger partial charge in [0.15, 0.2) is 0 Å². The Morgan fingerprint density at radius 2 is 2.11 bits per heavy atom. The third-order valence-electron chi connectivity index (χ3n) is 3.22. The molecule has 5 nitrogen and oxygen atoms in total. The summed E-state index contributed by atoms with van der Waals surface area (Å²) in [5.74, 6) is -0.260. The van der Waals surface area contributed by atoms with Crippen molar-refractivity contribution in [3.8, 4) is 0 Å². The van der Waals surface area contributed by atoms with Crippen molar-refractivity contribution in [1.82, 2.24) is 9.97 Å². The molecule has 0 unspecified atom stereocenters. The number of hydrogen-bond acceptors (Lipinski definition) is 4. The van der Waals surface area contributed by atoms with Crippen molar-refractivity contribution in [3.05, 3.63) is 24.0 Å². The molecule has 18 heavy (non-hydrogen) atoms. The Bertz CT molecular complexity index is 466. The van der Waals surface area contributed by atoms with Crippen LogP contribution in [0.1, 0.15) is 32.3 Å². The minimum atomic E-state index is -0.972. The van der Waals surface area contributed by atoms with Crippen LogP contribution in [-0.2, 0) is 4.79 Å². The molecule has 1 aromatic heterocycles. The summed E-state index contributed by atoms with van der Waals surface area (Å²) in [6.45, 7) is 5.33. The molecule has 1 N–H and O–H groups in total. The first-order chi connectivity index (χ1) is 8.49. The van der Waals surface area contributed by atoms with Crippen molar-refractivity contribution in [1.29, 1.82) is 0 Å². The maximum absolute atomic E-state index is 10.4. The van der Waals surface area contributed by atoms with Crippen molar-refractivity contribution >= 4 is 18.0 Å². The van der Waals surface area contributed by atoms with E-state index in [4.69, 9.17) is 5.11 Å². The van der Waals surface area contributed by atoms with Crippen molar-refractivity contribution < 1.29 is 9.90 Å². The van der Waals surface area contributed by atoms with Gasteiger partial charge in [-0.05, 0) is 32.8 Å². The average molecular weight is 247 g/mol. The Hall–Kier alpha value is -1.91. The van der Waals surface area contributed by atoms with Gasteiger partial charge in [-0.3, -0.25) is 0 Å². The standard InChI is InChI=1S/C13H17N3O2/c1-13(2)6-3-7-16(13)12-14-8-10(9-15-12)4-5-11(17)18/h4-5,8-9H,3,6-7H2,1-2H3,(H,17,18)/b5-4+. The number of nitrogens with zero attached hydrogens (tertiary/aromatic N) is 3. The van der Waals surface area contributed by atoms with Crippen LogP contribution >= 0.6 is 0 Å². The lowest BCUT2D eigenvalue weighted by Gasteiger charge is -2.31. The lowest BCUT2D eigenvalue weighted by Crippen LogP contribution is -2.39. The molecule has 1 fully saturated rings. The lowest BCUT2D eigenvalue weighted by molar-refractivity contribution is -0.131. The van der Waals surface area contributed by atoms with Gasteiger partial charge < -0.3 is 10.0 Å². The SMILES string of the molecule is CC1(C)CCCN1c1ncc(/C=C/C(=O)O)cn1. The van der Waals surface area contributed by atoms with Gasteiger partial charge in [0.1, 0.15) is 0 Å². The van der Waals surface area contributed by atoms with Crippen LogP contribution in [0.4, 0.5) is 5.95 Å². The number of carboxylic acids is 1. The van der Waals surface area contributed by atoms with Crippen LogP contribution < -0.4 is 4.90 Å². The summed E-state index contributed by atoms with van der Waals surface area (Å²) in [4.78, 5) is 21.2. The zero-order valence-corrected chi connectivity index (χ0v) is 10.6. The van der Waals surface area contributed by atoms with Crippen LogP contribution in [0, 0.1) is 0 Å². The van der Waals surface area contributed by atoms with E-state index >= 15 is 0 Å². The summed E-state index contributed by atoms with van der Waals surface area (Å²) in [7, 11) is 0. The highest BCUT2D eigenvalue weighted by atomic mass is 16.4. The van der Waals surface area contributed by atoms with Crippen LogP contribution in [-0.4, -0.2) is 33.1 Å². The van der Waals surface area contributed by atoms with E-state index in [0.29, 0.717) is 11.5 Å². The molecule has 5 heteroatoms. The van der Waals surface area contributed by atoms with Gasteiger partial charge in [0.25, 0.3) is 0 Å². The number of aliphatic carboxylic acids is 1. The maximum Gasteiger partial charge on any atom is 0.328 e. The average Bonchev–Trinajstić information content (AvgIpc) is 2.67. The second-order valence-corrected chi connectivity index (χ2v) is 5.06. The Morgan fingerprint density at radius 3 is 2.61 bits per heavy atom. The van der Waals surface area contributed by atoms with Gasteiger partial charge in [0.05, 0.1) is 0 Å². The van der Waals surface area contributed by atoms with Crippen LogP contribution in [0.15, 0.2) is 18.5 Å². The first-order valence-electron chi connectivity index (χ1n) is 6.00. The Kier molecular flexibility index (Phi) is 3.32. The molecule has 0 aliphatic carbocycles. The quantitative estimate of drug-likeness (QED) is 0.827. The number of anilines is 1. The number of rotatable bonds is 3. The molecule has 1 aliphatic rings. The molecular formula is C13H17N3O2. The summed E-state index contributed by atoms with van der Waals surface area (Å²) in [5, 5.41) is 8.53.